The Morgan fingerprint density at radius 3 is 2.95 bits per heavy atom. The van der Waals surface area contributed by atoms with Gasteiger partial charge < -0.3 is 0 Å². The lowest BCUT2D eigenvalue weighted by atomic mass is 10.0. The van der Waals surface area contributed by atoms with Crippen LogP contribution < -0.4 is 0 Å². The summed E-state index contributed by atoms with van der Waals surface area (Å²) in [4.78, 5) is 12.4. The molecule has 20 heavy (non-hydrogen) atoms. The molecule has 2 heterocycles. The van der Waals surface area contributed by atoms with Gasteiger partial charge in [-0.3, -0.25) is 4.79 Å². The first-order chi connectivity index (χ1) is 9.65. The van der Waals surface area contributed by atoms with Crippen molar-refractivity contribution in [1.29, 1.82) is 0 Å². The monoisotopic (exact) mass is 284 g/mol. The lowest BCUT2D eigenvalue weighted by Gasteiger charge is -2.04. The second-order valence-corrected chi connectivity index (χ2v) is 5.19. The maximum atomic E-state index is 12.4. The number of aryl methyl sites for hydroxylation is 1. The summed E-state index contributed by atoms with van der Waals surface area (Å²) in [7, 11) is 0. The molecule has 0 aliphatic heterocycles. The largest absolute Gasteiger partial charge is 0.294 e. The van der Waals surface area contributed by atoms with Crippen molar-refractivity contribution in [2.75, 3.05) is 0 Å². The van der Waals surface area contributed by atoms with Crippen LogP contribution in [0.25, 0.3) is 5.52 Å². The van der Waals surface area contributed by atoms with Gasteiger partial charge in [0.2, 0.25) is 0 Å². The second-order valence-electron chi connectivity index (χ2n) is 4.78. The molecule has 0 N–H and O–H groups in total. The van der Waals surface area contributed by atoms with Crippen LogP contribution in [0.5, 0.6) is 0 Å². The maximum Gasteiger partial charge on any atom is 0.171 e. The van der Waals surface area contributed by atoms with Crippen LogP contribution in [0.2, 0.25) is 5.02 Å². The molecule has 0 amide bonds. The lowest BCUT2D eigenvalue weighted by molar-refractivity contribution is 0.0994. The molecule has 3 nitrogen and oxygen atoms in total. The Kier molecular flexibility index (Phi) is 3.28. The molecular weight excluding hydrogens is 272 g/mol. The van der Waals surface area contributed by atoms with E-state index in [4.69, 9.17) is 11.6 Å². The average Bonchev–Trinajstić information content (AvgIpc) is 2.86. The quantitative estimate of drug-likeness (QED) is 0.687. The first kappa shape index (κ1) is 12.9. The topological polar surface area (TPSA) is 34.4 Å². The van der Waals surface area contributed by atoms with Crippen molar-refractivity contribution in [2.45, 2.75) is 13.3 Å². The van der Waals surface area contributed by atoms with E-state index in [1.807, 2.05) is 49.5 Å². The van der Waals surface area contributed by atoms with Crippen LogP contribution in [-0.4, -0.2) is 15.4 Å². The van der Waals surface area contributed by atoms with Crippen LogP contribution in [-0.2, 0) is 6.42 Å². The number of fused-ring (bicyclic) bond motifs is 1. The number of hydrogen-bond acceptors (Lipinski definition) is 2. The highest BCUT2D eigenvalue weighted by molar-refractivity contribution is 6.31. The van der Waals surface area contributed by atoms with Crippen LogP contribution in [0.1, 0.15) is 21.5 Å². The van der Waals surface area contributed by atoms with Crippen LogP contribution in [0.3, 0.4) is 0 Å². The molecule has 0 bridgehead atoms. The molecule has 0 aliphatic rings. The molecule has 0 radical (unpaired) electrons. The number of benzene rings is 1. The van der Waals surface area contributed by atoms with E-state index >= 15 is 0 Å². The average molecular weight is 285 g/mol. The minimum absolute atomic E-state index is 0.0250. The maximum absolute atomic E-state index is 12.4. The summed E-state index contributed by atoms with van der Waals surface area (Å²) in [5.41, 5.74) is 3.38. The Bertz CT molecular complexity index is 792. The molecule has 3 rings (SSSR count). The van der Waals surface area contributed by atoms with Gasteiger partial charge >= 0.3 is 0 Å². The van der Waals surface area contributed by atoms with Gasteiger partial charge in [-0.1, -0.05) is 29.8 Å². The van der Waals surface area contributed by atoms with E-state index in [2.05, 4.69) is 5.10 Å². The molecule has 4 heteroatoms. The zero-order valence-electron chi connectivity index (χ0n) is 11.0. The summed E-state index contributed by atoms with van der Waals surface area (Å²) >= 11 is 6.18. The number of carbonyl (C=O) groups is 1. The number of rotatable bonds is 3. The van der Waals surface area contributed by atoms with E-state index < -0.39 is 0 Å². The SMILES string of the molecule is Cc1ccc(CC(=O)c2cnn3ccccc23)c(Cl)c1. The van der Waals surface area contributed by atoms with Gasteiger partial charge in [-0.2, -0.15) is 5.10 Å². The van der Waals surface area contributed by atoms with Gasteiger partial charge in [-0.25, -0.2) is 4.52 Å². The van der Waals surface area contributed by atoms with Crippen molar-refractivity contribution in [3.05, 3.63) is 70.5 Å². The fraction of sp³-hybridized carbons (Fsp3) is 0.125. The van der Waals surface area contributed by atoms with Gasteiger partial charge in [0.1, 0.15) is 0 Å². The summed E-state index contributed by atoms with van der Waals surface area (Å²) < 4.78 is 1.70. The number of hydrogen-bond donors (Lipinski definition) is 0. The van der Waals surface area contributed by atoms with Gasteiger partial charge in [0, 0.05) is 17.6 Å². The van der Waals surface area contributed by atoms with Crippen molar-refractivity contribution >= 4 is 22.9 Å². The molecular formula is C16H13ClN2O. The highest BCUT2D eigenvalue weighted by Crippen LogP contribution is 2.20. The van der Waals surface area contributed by atoms with E-state index in [1.165, 1.54) is 0 Å². The van der Waals surface area contributed by atoms with Gasteiger partial charge in [0.25, 0.3) is 0 Å². The predicted octanol–water partition coefficient (Wildman–Crippen LogP) is 3.72. The molecule has 0 unspecified atom stereocenters. The molecule has 0 fully saturated rings. The van der Waals surface area contributed by atoms with Crippen LogP contribution in [0.4, 0.5) is 0 Å². The van der Waals surface area contributed by atoms with Gasteiger partial charge in [0.15, 0.2) is 5.78 Å². The van der Waals surface area contributed by atoms with Crippen LogP contribution >= 0.6 is 11.6 Å². The van der Waals surface area contributed by atoms with Gasteiger partial charge in [-0.05, 0) is 36.2 Å². The molecule has 2 aromatic heterocycles. The number of halogens is 1. The van der Waals surface area contributed by atoms with E-state index in [9.17, 15) is 4.79 Å². The van der Waals surface area contributed by atoms with Crippen molar-refractivity contribution in [3.63, 3.8) is 0 Å². The minimum Gasteiger partial charge on any atom is -0.294 e. The zero-order valence-corrected chi connectivity index (χ0v) is 11.8. The number of carbonyl (C=O) groups excluding carboxylic acids is 1. The normalized spacial score (nSPS) is 10.9. The third-order valence-corrected chi connectivity index (χ3v) is 3.64. The minimum atomic E-state index is 0.0250. The number of ketones is 1. The van der Waals surface area contributed by atoms with E-state index in [-0.39, 0.29) is 12.2 Å². The number of nitrogens with zero attached hydrogens (tertiary/aromatic N) is 2. The highest BCUT2D eigenvalue weighted by atomic mass is 35.5. The van der Waals surface area contributed by atoms with Crippen molar-refractivity contribution in [1.82, 2.24) is 9.61 Å². The lowest BCUT2D eigenvalue weighted by Crippen LogP contribution is -2.03. The molecule has 0 saturated carbocycles. The molecule has 0 spiro atoms. The molecule has 0 aliphatic carbocycles. The highest BCUT2D eigenvalue weighted by Gasteiger charge is 2.14. The number of Topliss-reactive ketones (excluding diaryl/α,β-unsaturated/α-hetero) is 1. The Labute approximate surface area is 121 Å². The first-order valence-electron chi connectivity index (χ1n) is 6.36. The Hall–Kier alpha value is -2.13. The summed E-state index contributed by atoms with van der Waals surface area (Å²) in [6.45, 7) is 1.97. The third-order valence-electron chi connectivity index (χ3n) is 3.29. The summed E-state index contributed by atoms with van der Waals surface area (Å²) in [5, 5.41) is 4.81. The number of aromatic nitrogens is 2. The van der Waals surface area contributed by atoms with Crippen LogP contribution in [0.15, 0.2) is 48.8 Å². The first-order valence-corrected chi connectivity index (χ1v) is 6.73. The van der Waals surface area contributed by atoms with E-state index in [0.29, 0.717) is 10.6 Å². The van der Waals surface area contributed by atoms with E-state index in [1.54, 1.807) is 10.7 Å². The Morgan fingerprint density at radius 2 is 2.15 bits per heavy atom. The smallest absolute Gasteiger partial charge is 0.171 e. The zero-order chi connectivity index (χ0) is 14.1. The Morgan fingerprint density at radius 1 is 1.30 bits per heavy atom. The van der Waals surface area contributed by atoms with Crippen molar-refractivity contribution in [2.24, 2.45) is 0 Å². The van der Waals surface area contributed by atoms with Gasteiger partial charge in [0.05, 0.1) is 17.3 Å². The standard InChI is InChI=1S/C16H13ClN2O/c1-11-5-6-12(14(17)8-11)9-16(20)13-10-18-19-7-3-2-4-15(13)19/h2-8,10H,9H2,1H3. The molecule has 0 atom stereocenters. The fourth-order valence-electron chi connectivity index (χ4n) is 2.21. The molecule has 3 aromatic rings. The molecule has 100 valence electrons. The van der Waals surface area contributed by atoms with Crippen molar-refractivity contribution < 1.29 is 4.79 Å². The van der Waals surface area contributed by atoms with E-state index in [0.717, 1.165) is 16.6 Å². The predicted molar refractivity (Wildman–Crippen MR) is 79.4 cm³/mol. The third kappa shape index (κ3) is 2.32. The van der Waals surface area contributed by atoms with Crippen LogP contribution in [0, 0.1) is 6.92 Å². The molecule has 0 saturated heterocycles. The Balaban J connectivity index is 1.93. The fourth-order valence-corrected chi connectivity index (χ4v) is 2.52. The van der Waals surface area contributed by atoms with Crippen molar-refractivity contribution in [3.8, 4) is 0 Å². The summed E-state index contributed by atoms with van der Waals surface area (Å²) in [5.74, 6) is 0.0250. The second kappa shape index (κ2) is 5.10. The van der Waals surface area contributed by atoms with Gasteiger partial charge in [-0.15, -0.1) is 0 Å². The summed E-state index contributed by atoms with van der Waals surface area (Å²) in [6.07, 6.45) is 3.72. The number of pyridine rings is 1. The summed E-state index contributed by atoms with van der Waals surface area (Å²) in [6, 6.07) is 11.4. The molecule has 1 aromatic carbocycles.